The van der Waals surface area contributed by atoms with E-state index in [1.807, 2.05) is 6.07 Å². The van der Waals surface area contributed by atoms with Crippen molar-refractivity contribution in [2.45, 2.75) is 38.9 Å². The number of piperidine rings is 1. The number of likely N-dealkylation sites (tertiary alicyclic amines) is 1. The average Bonchev–Trinajstić information content (AvgIpc) is 2.93. The summed E-state index contributed by atoms with van der Waals surface area (Å²) in [5.41, 5.74) is 1.06. The molecule has 3 nitrogen and oxygen atoms in total. The van der Waals surface area contributed by atoms with Crippen molar-refractivity contribution in [2.75, 3.05) is 32.7 Å². The number of benzene rings is 1. The molecule has 5 heteroatoms. The summed E-state index contributed by atoms with van der Waals surface area (Å²) in [5, 5.41) is 3.47. The highest BCUT2D eigenvalue weighted by atomic mass is 35.5. The maximum Gasteiger partial charge on any atom is 0.128 e. The van der Waals surface area contributed by atoms with Crippen LogP contribution in [0.5, 0.6) is 0 Å². The second-order valence-electron chi connectivity index (χ2n) is 7.14. The van der Waals surface area contributed by atoms with E-state index in [1.54, 1.807) is 12.1 Å². The van der Waals surface area contributed by atoms with Crippen LogP contribution < -0.4 is 5.32 Å². The molecular formula is C18H28ClFN2O. The molecule has 0 saturated carbocycles. The van der Waals surface area contributed by atoms with Gasteiger partial charge in [0.1, 0.15) is 5.82 Å². The van der Waals surface area contributed by atoms with Crippen molar-refractivity contribution in [3.63, 3.8) is 0 Å². The molecule has 3 rings (SSSR count). The van der Waals surface area contributed by atoms with Crippen molar-refractivity contribution in [3.8, 4) is 0 Å². The summed E-state index contributed by atoms with van der Waals surface area (Å²) in [7, 11) is 0. The van der Waals surface area contributed by atoms with Gasteiger partial charge in [-0.15, -0.1) is 12.4 Å². The molecule has 2 atom stereocenters. The van der Waals surface area contributed by atoms with Gasteiger partial charge >= 0.3 is 0 Å². The van der Waals surface area contributed by atoms with Crippen molar-refractivity contribution in [2.24, 2.45) is 5.41 Å². The number of hydrogen-bond acceptors (Lipinski definition) is 3. The fourth-order valence-corrected chi connectivity index (χ4v) is 3.66. The predicted molar refractivity (Wildman–Crippen MR) is 93.5 cm³/mol. The monoisotopic (exact) mass is 342 g/mol. The summed E-state index contributed by atoms with van der Waals surface area (Å²) in [4.78, 5) is 2.53. The van der Waals surface area contributed by atoms with Crippen LogP contribution in [0.2, 0.25) is 0 Å². The molecule has 2 aliphatic rings. The minimum absolute atomic E-state index is 0. The number of nitrogens with one attached hydrogen (secondary N) is 1. The molecule has 2 saturated heterocycles. The molecular weight excluding hydrogens is 315 g/mol. The van der Waals surface area contributed by atoms with E-state index in [9.17, 15) is 4.39 Å². The zero-order valence-electron chi connectivity index (χ0n) is 13.9. The number of hydrogen-bond donors (Lipinski definition) is 1. The molecule has 1 aromatic rings. The quantitative estimate of drug-likeness (QED) is 0.889. The highest BCUT2D eigenvalue weighted by molar-refractivity contribution is 5.85. The summed E-state index contributed by atoms with van der Waals surface area (Å²) in [6, 6.07) is 6.89. The Morgan fingerprint density at radius 3 is 2.96 bits per heavy atom. The zero-order valence-corrected chi connectivity index (χ0v) is 14.7. The molecule has 0 aromatic heterocycles. The summed E-state index contributed by atoms with van der Waals surface area (Å²) in [5.74, 6) is -0.167. The van der Waals surface area contributed by atoms with Crippen LogP contribution in [0.15, 0.2) is 24.3 Å². The lowest BCUT2D eigenvalue weighted by molar-refractivity contribution is -0.0187. The summed E-state index contributed by atoms with van der Waals surface area (Å²) >= 11 is 0. The van der Waals surface area contributed by atoms with Gasteiger partial charge in [0.15, 0.2) is 0 Å². The average molecular weight is 343 g/mol. The molecule has 23 heavy (non-hydrogen) atoms. The predicted octanol–water partition coefficient (Wildman–Crippen LogP) is 3.23. The van der Waals surface area contributed by atoms with Gasteiger partial charge in [-0.1, -0.05) is 25.1 Å². The van der Waals surface area contributed by atoms with E-state index in [-0.39, 0.29) is 24.3 Å². The highest BCUT2D eigenvalue weighted by Gasteiger charge is 2.32. The standard InChI is InChI=1S/C18H27FN2O.ClH/c1-18(8-9-20-13-18)14-21-10-4-6-16(11-21)22-12-15-5-2-3-7-17(15)19;/h2-3,5,7,16,20H,4,6,8-14H2,1H3;1H/t16-,18?;/m0./s1. The van der Waals surface area contributed by atoms with Gasteiger partial charge in [-0.05, 0) is 43.8 Å². The van der Waals surface area contributed by atoms with Crippen molar-refractivity contribution in [3.05, 3.63) is 35.6 Å². The van der Waals surface area contributed by atoms with E-state index in [1.165, 1.54) is 18.9 Å². The third kappa shape index (κ3) is 5.15. The topological polar surface area (TPSA) is 24.5 Å². The Kier molecular flexibility index (Phi) is 6.84. The first kappa shape index (κ1) is 18.7. The molecule has 1 N–H and O–H groups in total. The van der Waals surface area contributed by atoms with Gasteiger partial charge in [-0.25, -0.2) is 4.39 Å². The van der Waals surface area contributed by atoms with Crippen LogP contribution in [0.3, 0.4) is 0 Å². The van der Waals surface area contributed by atoms with Crippen LogP contribution in [-0.4, -0.2) is 43.7 Å². The molecule has 0 aliphatic carbocycles. The second kappa shape index (κ2) is 8.43. The van der Waals surface area contributed by atoms with E-state index in [0.717, 1.165) is 39.1 Å². The molecule has 130 valence electrons. The molecule has 2 aliphatic heterocycles. The third-order valence-electron chi connectivity index (χ3n) is 4.96. The van der Waals surface area contributed by atoms with Gasteiger partial charge in [0.25, 0.3) is 0 Å². The largest absolute Gasteiger partial charge is 0.372 e. The van der Waals surface area contributed by atoms with E-state index < -0.39 is 0 Å². The third-order valence-corrected chi connectivity index (χ3v) is 4.96. The Bertz CT molecular complexity index is 494. The lowest BCUT2D eigenvalue weighted by Crippen LogP contribution is -2.45. The van der Waals surface area contributed by atoms with Crippen LogP contribution in [0.1, 0.15) is 31.7 Å². The number of halogens is 2. The smallest absolute Gasteiger partial charge is 0.128 e. The van der Waals surface area contributed by atoms with Gasteiger partial charge in [0.05, 0.1) is 12.7 Å². The van der Waals surface area contributed by atoms with Gasteiger partial charge in [-0.2, -0.15) is 0 Å². The van der Waals surface area contributed by atoms with Crippen LogP contribution in [0.4, 0.5) is 4.39 Å². The second-order valence-corrected chi connectivity index (χ2v) is 7.14. The number of rotatable bonds is 5. The number of nitrogens with zero attached hydrogens (tertiary/aromatic N) is 1. The summed E-state index contributed by atoms with van der Waals surface area (Å²) in [6.45, 7) is 8.28. The Morgan fingerprint density at radius 2 is 2.22 bits per heavy atom. The Balaban J connectivity index is 0.00000192. The van der Waals surface area contributed by atoms with Crippen molar-refractivity contribution >= 4 is 12.4 Å². The fraction of sp³-hybridized carbons (Fsp3) is 0.667. The van der Waals surface area contributed by atoms with Gasteiger partial charge in [0, 0.05) is 25.2 Å². The fourth-order valence-electron chi connectivity index (χ4n) is 3.66. The lowest BCUT2D eigenvalue weighted by Gasteiger charge is -2.37. The highest BCUT2D eigenvalue weighted by Crippen LogP contribution is 2.27. The van der Waals surface area contributed by atoms with Crippen LogP contribution in [0, 0.1) is 11.2 Å². The van der Waals surface area contributed by atoms with Crippen molar-refractivity contribution < 1.29 is 9.13 Å². The minimum Gasteiger partial charge on any atom is -0.372 e. The van der Waals surface area contributed by atoms with E-state index >= 15 is 0 Å². The molecule has 0 amide bonds. The molecule has 2 heterocycles. The lowest BCUT2D eigenvalue weighted by atomic mass is 9.88. The van der Waals surface area contributed by atoms with Gasteiger partial charge in [-0.3, -0.25) is 0 Å². The molecule has 1 aromatic carbocycles. The maximum absolute atomic E-state index is 13.6. The Labute approximate surface area is 145 Å². The van der Waals surface area contributed by atoms with Crippen LogP contribution >= 0.6 is 12.4 Å². The first-order chi connectivity index (χ1) is 10.6. The normalized spacial score (nSPS) is 28.5. The van der Waals surface area contributed by atoms with Gasteiger partial charge in [0.2, 0.25) is 0 Å². The van der Waals surface area contributed by atoms with Crippen molar-refractivity contribution in [1.82, 2.24) is 10.2 Å². The molecule has 0 spiro atoms. The SMILES string of the molecule is CC1(CN2CCC[C@H](OCc3ccccc3F)C2)CCNC1.Cl. The van der Waals surface area contributed by atoms with E-state index in [2.05, 4.69) is 17.1 Å². The maximum atomic E-state index is 13.6. The summed E-state index contributed by atoms with van der Waals surface area (Å²) < 4.78 is 19.6. The number of ether oxygens (including phenoxy) is 1. The van der Waals surface area contributed by atoms with Gasteiger partial charge < -0.3 is 15.0 Å². The zero-order chi connectivity index (χ0) is 15.4. The summed E-state index contributed by atoms with van der Waals surface area (Å²) in [6.07, 6.45) is 3.74. The minimum atomic E-state index is -0.167. The first-order valence-corrected chi connectivity index (χ1v) is 8.43. The van der Waals surface area contributed by atoms with E-state index in [4.69, 9.17) is 4.74 Å². The Morgan fingerprint density at radius 1 is 1.39 bits per heavy atom. The molecule has 0 radical (unpaired) electrons. The van der Waals surface area contributed by atoms with Crippen LogP contribution in [-0.2, 0) is 11.3 Å². The molecule has 1 unspecified atom stereocenters. The van der Waals surface area contributed by atoms with E-state index in [0.29, 0.717) is 17.6 Å². The van der Waals surface area contributed by atoms with Crippen LogP contribution in [0.25, 0.3) is 0 Å². The first-order valence-electron chi connectivity index (χ1n) is 8.43. The van der Waals surface area contributed by atoms with Crippen molar-refractivity contribution in [1.29, 1.82) is 0 Å². The molecule has 0 bridgehead atoms. The Hall–Kier alpha value is -0.680. The molecule has 2 fully saturated rings.